The molecule has 0 saturated heterocycles. The highest BCUT2D eigenvalue weighted by atomic mass is 35.5. The van der Waals surface area contributed by atoms with Crippen LogP contribution >= 0.6 is 11.6 Å². The van der Waals surface area contributed by atoms with Gasteiger partial charge in [-0.15, -0.1) is 0 Å². The van der Waals surface area contributed by atoms with Crippen molar-refractivity contribution in [3.8, 4) is 0 Å². The number of carbonyl (C=O) groups is 1. The van der Waals surface area contributed by atoms with Crippen LogP contribution in [0.5, 0.6) is 0 Å². The van der Waals surface area contributed by atoms with Crippen LogP contribution in [0.1, 0.15) is 51.5 Å². The van der Waals surface area contributed by atoms with Crippen LogP contribution in [-0.2, 0) is 5.60 Å². The normalized spacial score (nSPS) is 31.2. The van der Waals surface area contributed by atoms with Gasteiger partial charge in [0, 0.05) is 22.0 Å². The first-order chi connectivity index (χ1) is 11.3. The van der Waals surface area contributed by atoms with Crippen molar-refractivity contribution in [3.05, 3.63) is 34.9 Å². The second kappa shape index (κ2) is 6.23. The van der Waals surface area contributed by atoms with Gasteiger partial charge >= 0.3 is 6.09 Å². The summed E-state index contributed by atoms with van der Waals surface area (Å²) < 4.78 is 0. The van der Waals surface area contributed by atoms with E-state index in [1.54, 1.807) is 6.07 Å². The van der Waals surface area contributed by atoms with E-state index in [9.17, 15) is 15.0 Å². The zero-order valence-corrected chi connectivity index (χ0v) is 15.0. The van der Waals surface area contributed by atoms with E-state index in [2.05, 4.69) is 19.2 Å². The lowest BCUT2D eigenvalue weighted by Gasteiger charge is -2.49. The number of halogens is 1. The Bertz CT molecular complexity index is 635. The highest BCUT2D eigenvalue weighted by Gasteiger charge is 2.63. The molecule has 2 unspecified atom stereocenters. The third-order valence-electron chi connectivity index (χ3n) is 6.03. The number of fused-ring (bicyclic) bond motifs is 2. The summed E-state index contributed by atoms with van der Waals surface area (Å²) in [5.74, 6) is 0.744. The van der Waals surface area contributed by atoms with Crippen LogP contribution in [0.25, 0.3) is 0 Å². The zero-order valence-electron chi connectivity index (χ0n) is 14.3. The molecule has 0 spiro atoms. The smallest absolute Gasteiger partial charge is 0.404 e. The SMILES string of the molecule is CC(C)CC(O)(c1ccccc1Cl)[C@]12CCC(C[C@@H]1NC(=O)O)C2. The van der Waals surface area contributed by atoms with Crippen LogP contribution in [0, 0.1) is 17.3 Å². The first-order valence-corrected chi connectivity index (χ1v) is 9.13. The van der Waals surface area contributed by atoms with Gasteiger partial charge in [0.05, 0.1) is 5.60 Å². The van der Waals surface area contributed by atoms with E-state index in [1.807, 2.05) is 18.2 Å². The molecule has 0 aromatic heterocycles. The summed E-state index contributed by atoms with van der Waals surface area (Å²) in [6.45, 7) is 4.17. The number of aliphatic hydroxyl groups is 1. The minimum absolute atomic E-state index is 0.228. The fraction of sp³-hybridized carbons (Fsp3) is 0.632. The number of rotatable bonds is 5. The highest BCUT2D eigenvalue weighted by Crippen LogP contribution is 2.64. The van der Waals surface area contributed by atoms with Crippen LogP contribution in [0.4, 0.5) is 4.79 Å². The van der Waals surface area contributed by atoms with E-state index in [-0.39, 0.29) is 12.0 Å². The summed E-state index contributed by atoms with van der Waals surface area (Å²) in [6, 6.07) is 7.22. The summed E-state index contributed by atoms with van der Waals surface area (Å²) in [7, 11) is 0. The van der Waals surface area contributed by atoms with Gasteiger partial charge in [-0.25, -0.2) is 4.79 Å². The van der Waals surface area contributed by atoms with Gasteiger partial charge in [0.2, 0.25) is 0 Å². The second-order valence-electron chi connectivity index (χ2n) is 7.94. The molecule has 2 fully saturated rings. The quantitative estimate of drug-likeness (QED) is 0.736. The molecule has 132 valence electrons. The van der Waals surface area contributed by atoms with E-state index in [0.29, 0.717) is 17.4 Å². The molecule has 1 aromatic carbocycles. The Labute approximate surface area is 148 Å². The standard InChI is InChI=1S/C19H26ClNO3/c1-12(2)10-19(24,14-5-3-4-6-15(14)20)18-8-7-13(11-18)9-16(18)21-17(22)23/h3-6,12-13,16,21,24H,7-11H2,1-2H3,(H,22,23)/t13?,16-,18-,19?/m0/s1. The molecule has 2 bridgehead atoms. The molecule has 1 amide bonds. The van der Waals surface area contributed by atoms with E-state index < -0.39 is 17.1 Å². The average molecular weight is 352 g/mol. The lowest BCUT2D eigenvalue weighted by atomic mass is 9.61. The summed E-state index contributed by atoms with van der Waals surface area (Å²) in [5.41, 5.74) is -0.872. The maximum Gasteiger partial charge on any atom is 0.404 e. The monoisotopic (exact) mass is 351 g/mol. The van der Waals surface area contributed by atoms with E-state index in [0.717, 1.165) is 31.2 Å². The Morgan fingerprint density at radius 3 is 2.75 bits per heavy atom. The first kappa shape index (κ1) is 17.6. The molecule has 3 rings (SSSR count). The van der Waals surface area contributed by atoms with Gasteiger partial charge in [-0.2, -0.15) is 0 Å². The van der Waals surface area contributed by atoms with E-state index in [1.165, 1.54) is 0 Å². The van der Waals surface area contributed by atoms with Gasteiger partial charge < -0.3 is 15.5 Å². The van der Waals surface area contributed by atoms with Crippen molar-refractivity contribution in [3.63, 3.8) is 0 Å². The largest absolute Gasteiger partial charge is 0.465 e. The highest BCUT2D eigenvalue weighted by molar-refractivity contribution is 6.31. The zero-order chi connectivity index (χ0) is 17.5. The molecule has 5 heteroatoms. The van der Waals surface area contributed by atoms with Crippen LogP contribution < -0.4 is 5.32 Å². The van der Waals surface area contributed by atoms with Crippen molar-refractivity contribution in [1.82, 2.24) is 5.32 Å². The molecule has 0 heterocycles. The van der Waals surface area contributed by atoms with Gasteiger partial charge in [0.25, 0.3) is 0 Å². The van der Waals surface area contributed by atoms with Gasteiger partial charge in [-0.1, -0.05) is 43.6 Å². The summed E-state index contributed by atoms with van der Waals surface area (Å²) in [5, 5.41) is 24.5. The second-order valence-corrected chi connectivity index (χ2v) is 8.35. The van der Waals surface area contributed by atoms with Crippen molar-refractivity contribution in [1.29, 1.82) is 0 Å². The van der Waals surface area contributed by atoms with Gasteiger partial charge in [0.1, 0.15) is 0 Å². The minimum Gasteiger partial charge on any atom is -0.465 e. The lowest BCUT2D eigenvalue weighted by Crippen LogP contribution is -2.56. The molecule has 2 aliphatic carbocycles. The Morgan fingerprint density at radius 1 is 1.46 bits per heavy atom. The van der Waals surface area contributed by atoms with E-state index in [4.69, 9.17) is 11.6 Å². The molecule has 0 radical (unpaired) electrons. The lowest BCUT2D eigenvalue weighted by molar-refractivity contribution is -0.113. The molecule has 3 N–H and O–H groups in total. The molecule has 24 heavy (non-hydrogen) atoms. The molecule has 4 atom stereocenters. The van der Waals surface area contributed by atoms with Gasteiger partial charge in [0.15, 0.2) is 0 Å². The van der Waals surface area contributed by atoms with Crippen molar-refractivity contribution < 1.29 is 15.0 Å². The van der Waals surface area contributed by atoms with Crippen molar-refractivity contribution in [2.75, 3.05) is 0 Å². The van der Waals surface area contributed by atoms with E-state index >= 15 is 0 Å². The number of hydrogen-bond donors (Lipinski definition) is 3. The molecular formula is C19H26ClNO3. The van der Waals surface area contributed by atoms with Crippen LogP contribution in [0.15, 0.2) is 24.3 Å². The van der Waals surface area contributed by atoms with Crippen molar-refractivity contribution in [2.45, 2.75) is 57.6 Å². The Kier molecular flexibility index (Phi) is 4.56. The fourth-order valence-corrected chi connectivity index (χ4v) is 5.53. The first-order valence-electron chi connectivity index (χ1n) is 8.75. The topological polar surface area (TPSA) is 69.6 Å². The minimum atomic E-state index is -1.13. The van der Waals surface area contributed by atoms with Gasteiger partial charge in [-0.3, -0.25) is 0 Å². The molecule has 4 nitrogen and oxygen atoms in total. The third-order valence-corrected chi connectivity index (χ3v) is 6.36. The predicted molar refractivity (Wildman–Crippen MR) is 94.1 cm³/mol. The van der Waals surface area contributed by atoms with Crippen LogP contribution in [0.2, 0.25) is 5.02 Å². The summed E-state index contributed by atoms with van der Waals surface area (Å²) in [4.78, 5) is 11.3. The van der Waals surface area contributed by atoms with Crippen molar-refractivity contribution >= 4 is 17.7 Å². The third kappa shape index (κ3) is 2.70. The number of nitrogens with one attached hydrogen (secondary N) is 1. The summed E-state index contributed by atoms with van der Waals surface area (Å²) >= 11 is 6.46. The van der Waals surface area contributed by atoms with Crippen molar-refractivity contribution in [2.24, 2.45) is 17.3 Å². The predicted octanol–water partition coefficient (Wildman–Crippen LogP) is 4.40. The Hall–Kier alpha value is -1.26. The molecule has 2 saturated carbocycles. The number of hydrogen-bond acceptors (Lipinski definition) is 2. The maximum absolute atomic E-state index is 12.0. The maximum atomic E-state index is 12.0. The average Bonchev–Trinajstić information content (AvgIpc) is 3.05. The molecule has 1 aromatic rings. The summed E-state index contributed by atoms with van der Waals surface area (Å²) in [6.07, 6.45) is 3.09. The number of amides is 1. The molecule has 2 aliphatic rings. The Morgan fingerprint density at radius 2 is 2.17 bits per heavy atom. The van der Waals surface area contributed by atoms with Gasteiger partial charge in [-0.05, 0) is 50.0 Å². The van der Waals surface area contributed by atoms with Crippen LogP contribution in [-0.4, -0.2) is 22.3 Å². The fourth-order valence-electron chi connectivity index (χ4n) is 5.24. The molecule has 0 aliphatic heterocycles. The number of carboxylic acid groups (broad SMARTS) is 1. The van der Waals surface area contributed by atoms with Crippen LogP contribution in [0.3, 0.4) is 0 Å². The Balaban J connectivity index is 2.11. The number of benzene rings is 1. The molecular weight excluding hydrogens is 326 g/mol.